The van der Waals surface area contributed by atoms with Gasteiger partial charge in [0, 0.05) is 5.57 Å². The summed E-state index contributed by atoms with van der Waals surface area (Å²) in [5.74, 6) is 0.175. The molecule has 14 heavy (non-hydrogen) atoms. The van der Waals surface area contributed by atoms with E-state index in [1.54, 1.807) is 6.92 Å². The lowest BCUT2D eigenvalue weighted by Gasteiger charge is -2.23. The molecule has 0 aromatic carbocycles. The molecular weight excluding hydrogens is 180 g/mol. The largest absolute Gasteiger partial charge is 0.466 e. The van der Waals surface area contributed by atoms with Gasteiger partial charge in [0.25, 0.3) is 0 Å². The van der Waals surface area contributed by atoms with E-state index < -0.39 is 0 Å². The lowest BCUT2D eigenvalue weighted by molar-refractivity contribution is -0.136. The smallest absolute Gasteiger partial charge is 0.333 e. The van der Waals surface area contributed by atoms with E-state index in [1.165, 1.54) is 7.11 Å². The maximum Gasteiger partial charge on any atom is 0.333 e. The maximum absolute atomic E-state index is 11.1. The van der Waals surface area contributed by atoms with Crippen molar-refractivity contribution in [2.75, 3.05) is 7.11 Å². The Morgan fingerprint density at radius 1 is 1.36 bits per heavy atom. The number of methoxy groups -OCH3 is 1. The van der Waals surface area contributed by atoms with Crippen LogP contribution in [0.15, 0.2) is 11.6 Å². The molecule has 0 radical (unpaired) electrons. The van der Waals surface area contributed by atoms with Crippen molar-refractivity contribution in [3.63, 3.8) is 0 Å². The second kappa shape index (κ2) is 5.15. The van der Waals surface area contributed by atoms with E-state index in [0.717, 1.165) is 25.7 Å². The molecule has 0 aromatic rings. The second-order valence-corrected chi connectivity index (χ2v) is 3.91. The first-order chi connectivity index (χ1) is 6.63. The summed E-state index contributed by atoms with van der Waals surface area (Å²) < 4.78 is 4.62. The van der Waals surface area contributed by atoms with Crippen molar-refractivity contribution in [1.29, 1.82) is 0 Å². The molecule has 1 aliphatic carbocycles. The van der Waals surface area contributed by atoms with Gasteiger partial charge in [0.2, 0.25) is 0 Å². The molecule has 0 unspecified atom stereocenters. The number of carbonyl (C=O) groups is 1. The first-order valence-corrected chi connectivity index (χ1v) is 5.08. The second-order valence-electron chi connectivity index (χ2n) is 3.91. The number of esters is 1. The highest BCUT2D eigenvalue weighted by atomic mass is 16.5. The standard InChI is InChI=1S/C11H18O3/c1-8(11(13)14-2)7-9-3-5-10(12)6-4-9/h7,9-10,12H,3-6H2,1-2H3. The summed E-state index contributed by atoms with van der Waals surface area (Å²) in [4.78, 5) is 11.1. The van der Waals surface area contributed by atoms with Crippen LogP contribution in [0.2, 0.25) is 0 Å². The Labute approximate surface area is 84.8 Å². The molecule has 0 amide bonds. The van der Waals surface area contributed by atoms with Crippen LogP contribution < -0.4 is 0 Å². The first kappa shape index (κ1) is 11.2. The summed E-state index contributed by atoms with van der Waals surface area (Å²) in [7, 11) is 1.39. The van der Waals surface area contributed by atoms with Crippen LogP contribution in [0.3, 0.4) is 0 Å². The van der Waals surface area contributed by atoms with Gasteiger partial charge in [-0.1, -0.05) is 6.08 Å². The average Bonchev–Trinajstić information content (AvgIpc) is 2.20. The van der Waals surface area contributed by atoms with E-state index in [1.807, 2.05) is 6.08 Å². The highest BCUT2D eigenvalue weighted by Gasteiger charge is 2.18. The third-order valence-corrected chi connectivity index (χ3v) is 2.73. The van der Waals surface area contributed by atoms with E-state index in [0.29, 0.717) is 11.5 Å². The van der Waals surface area contributed by atoms with Crippen LogP contribution in [0, 0.1) is 5.92 Å². The molecule has 1 aliphatic rings. The van der Waals surface area contributed by atoms with Gasteiger partial charge in [-0.15, -0.1) is 0 Å². The molecule has 0 spiro atoms. The highest BCUT2D eigenvalue weighted by molar-refractivity contribution is 5.87. The number of ether oxygens (including phenoxy) is 1. The minimum absolute atomic E-state index is 0.141. The van der Waals surface area contributed by atoms with Crippen LogP contribution in [0.4, 0.5) is 0 Å². The Morgan fingerprint density at radius 2 is 1.93 bits per heavy atom. The summed E-state index contributed by atoms with van der Waals surface area (Å²) in [5.41, 5.74) is 0.675. The van der Waals surface area contributed by atoms with Crippen LogP contribution in [-0.2, 0) is 9.53 Å². The lowest BCUT2D eigenvalue weighted by atomic mass is 9.86. The summed E-state index contributed by atoms with van der Waals surface area (Å²) >= 11 is 0. The van der Waals surface area contributed by atoms with Gasteiger partial charge >= 0.3 is 5.97 Å². The molecule has 80 valence electrons. The number of carbonyl (C=O) groups excluding carboxylic acids is 1. The number of allylic oxidation sites excluding steroid dienone is 1. The molecule has 1 rings (SSSR count). The Kier molecular flexibility index (Phi) is 4.14. The van der Waals surface area contributed by atoms with Crippen molar-refractivity contribution in [3.8, 4) is 0 Å². The molecular formula is C11H18O3. The minimum Gasteiger partial charge on any atom is -0.466 e. The van der Waals surface area contributed by atoms with Crippen molar-refractivity contribution in [2.24, 2.45) is 5.92 Å². The molecule has 0 aromatic heterocycles. The van der Waals surface area contributed by atoms with E-state index in [4.69, 9.17) is 0 Å². The zero-order valence-electron chi connectivity index (χ0n) is 8.82. The predicted octanol–water partition coefficient (Wildman–Crippen LogP) is 1.66. The molecule has 0 bridgehead atoms. The Balaban J connectivity index is 2.47. The molecule has 0 atom stereocenters. The molecule has 1 N–H and O–H groups in total. The summed E-state index contributed by atoms with van der Waals surface area (Å²) in [6.45, 7) is 1.77. The monoisotopic (exact) mass is 198 g/mol. The van der Waals surface area contributed by atoms with Gasteiger partial charge in [0.15, 0.2) is 0 Å². The topological polar surface area (TPSA) is 46.5 Å². The Bertz CT molecular complexity index is 225. The van der Waals surface area contributed by atoms with Crippen LogP contribution in [0.5, 0.6) is 0 Å². The predicted molar refractivity (Wildman–Crippen MR) is 53.7 cm³/mol. The normalized spacial score (nSPS) is 28.6. The fraction of sp³-hybridized carbons (Fsp3) is 0.727. The van der Waals surface area contributed by atoms with Crippen molar-refractivity contribution in [2.45, 2.75) is 38.7 Å². The van der Waals surface area contributed by atoms with Gasteiger partial charge in [0.1, 0.15) is 0 Å². The van der Waals surface area contributed by atoms with Gasteiger partial charge in [-0.25, -0.2) is 4.79 Å². The van der Waals surface area contributed by atoms with E-state index in [2.05, 4.69) is 4.74 Å². The van der Waals surface area contributed by atoms with Gasteiger partial charge in [0.05, 0.1) is 13.2 Å². The van der Waals surface area contributed by atoms with E-state index in [9.17, 15) is 9.90 Å². The van der Waals surface area contributed by atoms with Gasteiger partial charge in [-0.3, -0.25) is 0 Å². The fourth-order valence-corrected chi connectivity index (χ4v) is 1.85. The maximum atomic E-state index is 11.1. The van der Waals surface area contributed by atoms with Crippen molar-refractivity contribution >= 4 is 5.97 Å². The van der Waals surface area contributed by atoms with Gasteiger partial charge in [-0.05, 0) is 38.5 Å². The zero-order valence-corrected chi connectivity index (χ0v) is 8.82. The van der Waals surface area contributed by atoms with Crippen molar-refractivity contribution in [1.82, 2.24) is 0 Å². The fourth-order valence-electron chi connectivity index (χ4n) is 1.85. The molecule has 1 fully saturated rings. The Morgan fingerprint density at radius 3 is 2.43 bits per heavy atom. The summed E-state index contributed by atoms with van der Waals surface area (Å²) in [6.07, 6.45) is 5.45. The first-order valence-electron chi connectivity index (χ1n) is 5.08. The summed E-state index contributed by atoms with van der Waals surface area (Å²) in [6, 6.07) is 0. The van der Waals surface area contributed by atoms with E-state index >= 15 is 0 Å². The lowest BCUT2D eigenvalue weighted by Crippen LogP contribution is -2.17. The van der Waals surface area contributed by atoms with Gasteiger partial charge in [-0.2, -0.15) is 0 Å². The van der Waals surface area contributed by atoms with Crippen LogP contribution in [0.1, 0.15) is 32.6 Å². The third kappa shape index (κ3) is 3.14. The number of hydrogen-bond acceptors (Lipinski definition) is 3. The van der Waals surface area contributed by atoms with Crippen molar-refractivity contribution < 1.29 is 14.6 Å². The molecule has 0 aliphatic heterocycles. The van der Waals surface area contributed by atoms with E-state index in [-0.39, 0.29) is 12.1 Å². The molecule has 1 saturated carbocycles. The molecule has 0 saturated heterocycles. The summed E-state index contributed by atoms with van der Waals surface area (Å²) in [5, 5.41) is 9.30. The number of aliphatic hydroxyl groups is 1. The van der Waals surface area contributed by atoms with Gasteiger partial charge < -0.3 is 9.84 Å². The average molecular weight is 198 g/mol. The van der Waals surface area contributed by atoms with Crippen LogP contribution in [-0.4, -0.2) is 24.3 Å². The number of hydrogen-bond donors (Lipinski definition) is 1. The SMILES string of the molecule is COC(=O)C(C)=CC1CCC(O)CC1. The quantitative estimate of drug-likeness (QED) is 0.542. The molecule has 3 heteroatoms. The zero-order chi connectivity index (χ0) is 10.6. The minimum atomic E-state index is -0.254. The van der Waals surface area contributed by atoms with Crippen molar-refractivity contribution in [3.05, 3.63) is 11.6 Å². The highest BCUT2D eigenvalue weighted by Crippen LogP contribution is 2.26. The number of rotatable bonds is 2. The van der Waals surface area contributed by atoms with Crippen LogP contribution in [0.25, 0.3) is 0 Å². The third-order valence-electron chi connectivity index (χ3n) is 2.73. The van der Waals surface area contributed by atoms with Crippen LogP contribution >= 0.6 is 0 Å². The number of aliphatic hydroxyl groups excluding tert-OH is 1. The molecule has 3 nitrogen and oxygen atoms in total. The molecule has 0 heterocycles. The Hall–Kier alpha value is -0.830.